The lowest BCUT2D eigenvalue weighted by Gasteiger charge is -1.89. The van der Waals surface area contributed by atoms with Crippen LogP contribution in [0.5, 0.6) is 0 Å². The summed E-state index contributed by atoms with van der Waals surface area (Å²) < 4.78 is 0. The quantitative estimate of drug-likeness (QED) is 0.247. The van der Waals surface area contributed by atoms with E-state index in [1.54, 1.807) is 0 Å². The number of ketones is 4. The van der Waals surface area contributed by atoms with Crippen LogP contribution in [0.4, 0.5) is 0 Å². The molecular weight excluding hydrogens is 661 g/mol. The molecule has 5 nitrogen and oxygen atoms in total. The standard InChI is InChI=1S/C7H12O.C6H10OS.C5H8O.C4H6O2S.7C3H6/c8-7-5-3-1-2-4-6-7;7-6-2-1-4-8-5-3-6;6-5-3-1-2-4-5;5-3-1-7-2-4(3)6;7*1-2-3-1/h1-6H2;1-5H2;1-4H2;3,5H,1-2H2;7*1-3H2. The van der Waals surface area contributed by atoms with Crippen molar-refractivity contribution in [3.8, 4) is 0 Å². The lowest BCUT2D eigenvalue weighted by molar-refractivity contribution is -0.122. The third-order valence-corrected chi connectivity index (χ3v) is 9.57. The Kier molecular flexibility index (Phi) is 34.8. The van der Waals surface area contributed by atoms with Gasteiger partial charge in [-0.1, -0.05) is 148 Å². The molecular formula is C43H78O5S2. The van der Waals surface area contributed by atoms with Gasteiger partial charge >= 0.3 is 0 Å². The van der Waals surface area contributed by atoms with E-state index in [0.717, 1.165) is 76.4 Å². The fourth-order valence-electron chi connectivity index (χ4n) is 3.14. The Balaban J connectivity index is 0.000000282. The summed E-state index contributed by atoms with van der Waals surface area (Å²) in [7, 11) is 0. The number of aliphatic hydroxyl groups is 1. The predicted molar refractivity (Wildman–Crippen MR) is 218 cm³/mol. The van der Waals surface area contributed by atoms with E-state index in [9.17, 15) is 19.2 Å². The minimum absolute atomic E-state index is 0.0231. The van der Waals surface area contributed by atoms with E-state index in [4.69, 9.17) is 5.11 Å². The summed E-state index contributed by atoms with van der Waals surface area (Å²) in [6.07, 6.45) is 44.1. The SMILES string of the molecule is C1CC1.C1CC1.C1CC1.C1CC1.C1CC1.C1CC1.C1CC1.O=C1CCCC1.O=C1CCCCCC1.O=C1CCCSCC1.O=C1CSCC1O. The first kappa shape index (κ1) is 47.4. The Hall–Kier alpha value is -0.660. The summed E-state index contributed by atoms with van der Waals surface area (Å²) in [6, 6.07) is 0. The molecule has 292 valence electrons. The zero-order valence-corrected chi connectivity index (χ0v) is 34.0. The van der Waals surface area contributed by atoms with Gasteiger partial charge in [0.2, 0.25) is 0 Å². The molecule has 1 unspecified atom stereocenters. The molecule has 0 aromatic heterocycles. The van der Waals surface area contributed by atoms with E-state index >= 15 is 0 Å². The average Bonchev–Trinajstić information content (AvgIpc) is 3.97. The van der Waals surface area contributed by atoms with Crippen LogP contribution < -0.4 is 0 Å². The molecule has 11 fully saturated rings. The fourth-order valence-corrected chi connectivity index (χ4v) is 4.98. The molecule has 7 heteroatoms. The first-order chi connectivity index (χ1) is 24.5. The number of aliphatic hydroxyl groups excluding tert-OH is 1. The highest BCUT2D eigenvalue weighted by Crippen LogP contribution is 2.18. The molecule has 0 bridgehead atoms. The van der Waals surface area contributed by atoms with Crippen LogP contribution in [-0.2, 0) is 19.2 Å². The third-order valence-electron chi connectivity index (χ3n) is 7.46. The average molecular weight is 739 g/mol. The molecule has 2 heterocycles. The van der Waals surface area contributed by atoms with Crippen LogP contribution in [0.1, 0.15) is 218 Å². The predicted octanol–water partition coefficient (Wildman–Crippen LogP) is 12.4. The van der Waals surface area contributed by atoms with Gasteiger partial charge in [0.25, 0.3) is 0 Å². The van der Waals surface area contributed by atoms with Crippen molar-refractivity contribution in [3.63, 3.8) is 0 Å². The summed E-state index contributed by atoms with van der Waals surface area (Å²) in [6.45, 7) is 0. The molecule has 0 spiro atoms. The Morgan fingerprint density at radius 2 is 0.620 bits per heavy atom. The van der Waals surface area contributed by atoms with E-state index < -0.39 is 6.10 Å². The molecule has 11 aliphatic rings. The second-order valence-electron chi connectivity index (χ2n) is 15.1. The van der Waals surface area contributed by atoms with Gasteiger partial charge in [0.05, 0.1) is 5.75 Å². The van der Waals surface area contributed by atoms with Crippen LogP contribution in [0, 0.1) is 0 Å². The fraction of sp³-hybridized carbons (Fsp3) is 0.907. The monoisotopic (exact) mass is 739 g/mol. The number of carbonyl (C=O) groups excluding carboxylic acids is 4. The molecule has 11 rings (SSSR count). The van der Waals surface area contributed by atoms with Gasteiger partial charge < -0.3 is 5.11 Å². The van der Waals surface area contributed by atoms with Crippen LogP contribution >= 0.6 is 23.5 Å². The van der Waals surface area contributed by atoms with E-state index in [1.807, 2.05) is 11.8 Å². The van der Waals surface area contributed by atoms with Gasteiger partial charge in [-0.2, -0.15) is 23.5 Å². The Labute approximate surface area is 317 Å². The molecule has 50 heavy (non-hydrogen) atoms. The molecule has 0 aromatic rings. The van der Waals surface area contributed by atoms with Crippen molar-refractivity contribution in [2.75, 3.05) is 23.0 Å². The Morgan fingerprint density at radius 1 is 0.340 bits per heavy atom. The highest BCUT2D eigenvalue weighted by molar-refractivity contribution is 8.00. The van der Waals surface area contributed by atoms with Crippen molar-refractivity contribution in [2.24, 2.45) is 0 Å². The van der Waals surface area contributed by atoms with Crippen LogP contribution in [-0.4, -0.2) is 57.4 Å². The largest absolute Gasteiger partial charge is 0.384 e. The van der Waals surface area contributed by atoms with Gasteiger partial charge in [-0.25, -0.2) is 0 Å². The van der Waals surface area contributed by atoms with Crippen LogP contribution in [0.25, 0.3) is 0 Å². The van der Waals surface area contributed by atoms with Crippen molar-refractivity contribution < 1.29 is 24.3 Å². The minimum atomic E-state index is -0.662. The number of hydrogen-bond donors (Lipinski definition) is 1. The van der Waals surface area contributed by atoms with Gasteiger partial charge in [-0.05, 0) is 37.9 Å². The molecule has 9 saturated carbocycles. The summed E-state index contributed by atoms with van der Waals surface area (Å²) in [5.41, 5.74) is 0. The van der Waals surface area contributed by atoms with E-state index in [2.05, 4.69) is 0 Å². The van der Waals surface area contributed by atoms with Gasteiger partial charge in [0.15, 0.2) is 5.78 Å². The van der Waals surface area contributed by atoms with Crippen molar-refractivity contribution in [2.45, 2.75) is 224 Å². The van der Waals surface area contributed by atoms with Gasteiger partial charge in [0.1, 0.15) is 23.5 Å². The summed E-state index contributed by atoms with van der Waals surface area (Å²) in [5.74, 6) is 4.70. The number of hydrogen-bond acceptors (Lipinski definition) is 7. The minimum Gasteiger partial charge on any atom is -0.384 e. The zero-order chi connectivity index (χ0) is 36.2. The Bertz CT molecular complexity index is 688. The molecule has 9 aliphatic carbocycles. The van der Waals surface area contributed by atoms with Gasteiger partial charge in [-0.3, -0.25) is 19.2 Å². The Morgan fingerprint density at radius 3 is 0.880 bits per heavy atom. The number of carbonyl (C=O) groups is 4. The normalized spacial score (nSPS) is 24.5. The van der Waals surface area contributed by atoms with Gasteiger partial charge in [0, 0.05) is 50.0 Å². The second kappa shape index (κ2) is 36.7. The summed E-state index contributed by atoms with van der Waals surface area (Å²) >= 11 is 3.39. The van der Waals surface area contributed by atoms with Crippen molar-refractivity contribution in [3.05, 3.63) is 0 Å². The topological polar surface area (TPSA) is 88.5 Å². The highest BCUT2D eigenvalue weighted by Gasteiger charge is 2.21. The first-order valence-electron chi connectivity index (χ1n) is 21.4. The van der Waals surface area contributed by atoms with Crippen LogP contribution in [0.15, 0.2) is 0 Å². The van der Waals surface area contributed by atoms with E-state index in [-0.39, 0.29) is 5.78 Å². The molecule has 0 amide bonds. The zero-order valence-electron chi connectivity index (χ0n) is 32.3. The van der Waals surface area contributed by atoms with Crippen LogP contribution in [0.2, 0.25) is 0 Å². The van der Waals surface area contributed by atoms with Crippen molar-refractivity contribution in [1.29, 1.82) is 0 Å². The van der Waals surface area contributed by atoms with Crippen molar-refractivity contribution >= 4 is 46.7 Å². The summed E-state index contributed by atoms with van der Waals surface area (Å²) in [5, 5.41) is 8.63. The summed E-state index contributed by atoms with van der Waals surface area (Å²) in [4.78, 5) is 41.9. The molecule has 2 aliphatic heterocycles. The highest BCUT2D eigenvalue weighted by atomic mass is 32.2. The molecule has 1 N–H and O–H groups in total. The van der Waals surface area contributed by atoms with E-state index in [0.29, 0.717) is 28.9 Å². The maximum Gasteiger partial charge on any atom is 0.171 e. The number of thioether (sulfide) groups is 2. The lowest BCUT2D eigenvalue weighted by Crippen LogP contribution is -2.15. The van der Waals surface area contributed by atoms with Crippen LogP contribution in [0.3, 0.4) is 0 Å². The number of rotatable bonds is 0. The maximum absolute atomic E-state index is 10.7. The van der Waals surface area contributed by atoms with Crippen molar-refractivity contribution in [1.82, 2.24) is 0 Å². The third kappa shape index (κ3) is 59.5. The smallest absolute Gasteiger partial charge is 0.171 e. The first-order valence-corrected chi connectivity index (χ1v) is 23.7. The second-order valence-corrected chi connectivity index (χ2v) is 17.4. The molecule has 1 atom stereocenters. The molecule has 0 radical (unpaired) electrons. The molecule has 0 aromatic carbocycles. The van der Waals surface area contributed by atoms with E-state index in [1.165, 1.54) is 165 Å². The molecule has 2 saturated heterocycles. The van der Waals surface area contributed by atoms with Gasteiger partial charge in [-0.15, -0.1) is 0 Å². The maximum atomic E-state index is 10.7. The lowest BCUT2D eigenvalue weighted by atomic mass is 10.2. The number of Topliss-reactive ketones (excluding diaryl/α,β-unsaturated/α-hetero) is 4.